The number of carbonyl (C=O) groups is 2. The first kappa shape index (κ1) is 21.5. The minimum absolute atomic E-state index is 0.0322. The van der Waals surface area contributed by atoms with Gasteiger partial charge in [0, 0.05) is 24.5 Å². The number of benzene rings is 1. The molecular formula is C16H18Cl2N2O6S. The molecule has 1 amide bonds. The molecule has 27 heavy (non-hydrogen) atoms. The number of sulfonamides is 1. The third-order valence-corrected chi connectivity index (χ3v) is 5.71. The maximum absolute atomic E-state index is 12.3. The maximum atomic E-state index is 12.3. The van der Waals surface area contributed by atoms with Crippen LogP contribution in [0.25, 0.3) is 0 Å². The van der Waals surface area contributed by atoms with Crippen LogP contribution in [0.1, 0.15) is 23.2 Å². The van der Waals surface area contributed by atoms with Crippen LogP contribution in [0.3, 0.4) is 0 Å². The Morgan fingerprint density at radius 3 is 2.48 bits per heavy atom. The summed E-state index contributed by atoms with van der Waals surface area (Å²) in [7, 11) is -3.51. The molecule has 0 aliphatic carbocycles. The van der Waals surface area contributed by atoms with E-state index in [1.807, 2.05) is 0 Å². The summed E-state index contributed by atoms with van der Waals surface area (Å²) in [6, 6.07) is 2.14. The number of carboxylic acid groups (broad SMARTS) is 1. The van der Waals surface area contributed by atoms with Crippen LogP contribution in [0.15, 0.2) is 24.1 Å². The highest BCUT2D eigenvalue weighted by atomic mass is 35.5. The van der Waals surface area contributed by atoms with Crippen molar-refractivity contribution in [2.24, 2.45) is 0 Å². The Morgan fingerprint density at radius 1 is 1.30 bits per heavy atom. The van der Waals surface area contributed by atoms with Crippen LogP contribution in [0.5, 0.6) is 5.75 Å². The van der Waals surface area contributed by atoms with E-state index in [0.29, 0.717) is 25.9 Å². The highest BCUT2D eigenvalue weighted by Gasteiger charge is 2.25. The van der Waals surface area contributed by atoms with Crippen molar-refractivity contribution in [3.63, 3.8) is 0 Å². The Labute approximate surface area is 166 Å². The molecule has 1 aliphatic rings. The first-order valence-electron chi connectivity index (χ1n) is 7.90. The Hall–Kier alpha value is -1.81. The van der Waals surface area contributed by atoms with Gasteiger partial charge >= 0.3 is 5.97 Å². The van der Waals surface area contributed by atoms with Gasteiger partial charge in [-0.15, -0.1) is 0 Å². The van der Waals surface area contributed by atoms with Gasteiger partial charge in [0.2, 0.25) is 10.0 Å². The van der Waals surface area contributed by atoms with Gasteiger partial charge in [-0.1, -0.05) is 29.8 Å². The van der Waals surface area contributed by atoms with Crippen molar-refractivity contribution >= 4 is 45.1 Å². The molecule has 0 aromatic heterocycles. The lowest BCUT2D eigenvalue weighted by Crippen LogP contribution is -2.47. The van der Waals surface area contributed by atoms with Crippen molar-refractivity contribution < 1.29 is 27.9 Å². The molecule has 0 spiro atoms. The zero-order valence-corrected chi connectivity index (χ0v) is 16.5. The number of hydrogen-bond acceptors (Lipinski definition) is 5. The van der Waals surface area contributed by atoms with Crippen molar-refractivity contribution in [1.82, 2.24) is 9.62 Å². The molecule has 0 bridgehead atoms. The second-order valence-corrected chi connectivity index (χ2v) is 8.31. The summed E-state index contributed by atoms with van der Waals surface area (Å²) < 4.78 is 30.8. The van der Waals surface area contributed by atoms with Gasteiger partial charge in [-0.3, -0.25) is 4.79 Å². The monoisotopic (exact) mass is 436 g/mol. The molecule has 0 radical (unpaired) electrons. The molecule has 0 unspecified atom stereocenters. The van der Waals surface area contributed by atoms with Crippen LogP contribution in [0, 0.1) is 0 Å². The van der Waals surface area contributed by atoms with E-state index in [2.05, 4.69) is 11.3 Å². The van der Waals surface area contributed by atoms with Gasteiger partial charge < -0.3 is 14.7 Å². The number of rotatable bonds is 7. The largest absolute Gasteiger partial charge is 0.482 e. The summed E-state index contributed by atoms with van der Waals surface area (Å²) >= 11 is 11.8. The van der Waals surface area contributed by atoms with Crippen molar-refractivity contribution in [2.45, 2.75) is 18.9 Å². The lowest BCUT2D eigenvalue weighted by molar-refractivity contribution is -0.134. The number of ether oxygens (including phenoxy) is 1. The normalized spacial score (nSPS) is 15.4. The smallest absolute Gasteiger partial charge is 0.337 e. The van der Waals surface area contributed by atoms with Crippen LogP contribution in [-0.4, -0.2) is 56.0 Å². The fourth-order valence-corrected chi connectivity index (χ4v) is 3.88. The number of piperidine rings is 1. The number of nitrogens with one attached hydrogen (secondary N) is 1. The van der Waals surface area contributed by atoms with E-state index < -0.39 is 16.0 Å². The van der Waals surface area contributed by atoms with Gasteiger partial charge in [-0.25, -0.2) is 17.9 Å². The molecule has 0 saturated carbocycles. The molecule has 1 fully saturated rings. The Balaban J connectivity index is 1.91. The zero-order chi connectivity index (χ0) is 20.2. The van der Waals surface area contributed by atoms with Crippen LogP contribution in [0.4, 0.5) is 0 Å². The average molecular weight is 437 g/mol. The first-order chi connectivity index (χ1) is 12.6. The maximum Gasteiger partial charge on any atom is 0.337 e. The molecule has 2 N–H and O–H groups in total. The van der Waals surface area contributed by atoms with E-state index in [1.165, 1.54) is 6.07 Å². The van der Waals surface area contributed by atoms with E-state index in [-0.39, 0.29) is 39.9 Å². The third kappa shape index (κ3) is 5.83. The highest BCUT2D eigenvalue weighted by Crippen LogP contribution is 2.31. The van der Waals surface area contributed by atoms with E-state index in [1.54, 1.807) is 4.90 Å². The molecule has 1 aromatic carbocycles. The van der Waals surface area contributed by atoms with Crippen molar-refractivity contribution in [2.75, 3.05) is 19.7 Å². The minimum Gasteiger partial charge on any atom is -0.482 e. The Bertz CT molecular complexity index is 851. The summed E-state index contributed by atoms with van der Waals surface area (Å²) in [5, 5.41) is 9.98. The number of nitrogens with zero attached hydrogens (tertiary/aromatic N) is 1. The predicted octanol–water partition coefficient (Wildman–Crippen LogP) is 2.12. The second kappa shape index (κ2) is 8.92. The molecule has 1 aromatic rings. The summed E-state index contributed by atoms with van der Waals surface area (Å²) in [6.45, 7) is 3.63. The molecule has 0 atom stereocenters. The molecule has 2 rings (SSSR count). The number of aromatic carboxylic acids is 1. The van der Waals surface area contributed by atoms with Gasteiger partial charge in [0.25, 0.3) is 5.91 Å². The minimum atomic E-state index is -3.51. The first-order valence-corrected chi connectivity index (χ1v) is 10.2. The molecule has 1 saturated heterocycles. The molecule has 1 heterocycles. The number of likely N-dealkylation sites (tertiary alicyclic amines) is 1. The third-order valence-electron chi connectivity index (χ3n) is 4.00. The summed E-state index contributed by atoms with van der Waals surface area (Å²) in [6.07, 6.45) is 0.924. The van der Waals surface area contributed by atoms with E-state index in [4.69, 9.17) is 33.0 Å². The number of carboxylic acids is 1. The zero-order valence-electron chi connectivity index (χ0n) is 14.2. The van der Waals surface area contributed by atoms with Crippen LogP contribution in [-0.2, 0) is 14.8 Å². The number of carbonyl (C=O) groups excluding carboxylic acids is 1. The van der Waals surface area contributed by atoms with Crippen molar-refractivity contribution in [3.8, 4) is 5.75 Å². The van der Waals surface area contributed by atoms with Gasteiger partial charge in [-0.05, 0) is 25.0 Å². The summed E-state index contributed by atoms with van der Waals surface area (Å²) in [5.74, 6) is -1.51. The molecule has 8 nitrogen and oxygen atoms in total. The van der Waals surface area contributed by atoms with Crippen molar-refractivity contribution in [3.05, 3.63) is 39.7 Å². The van der Waals surface area contributed by atoms with E-state index in [0.717, 1.165) is 11.5 Å². The van der Waals surface area contributed by atoms with Gasteiger partial charge in [0.1, 0.15) is 5.75 Å². The number of amides is 1. The van der Waals surface area contributed by atoms with Gasteiger partial charge in [0.05, 0.1) is 15.6 Å². The molecular weight excluding hydrogens is 419 g/mol. The second-order valence-electron chi connectivity index (χ2n) is 5.84. The lowest BCUT2D eigenvalue weighted by Gasteiger charge is -2.32. The van der Waals surface area contributed by atoms with Gasteiger partial charge in [0.15, 0.2) is 6.61 Å². The lowest BCUT2D eigenvalue weighted by atomic mass is 10.1. The highest BCUT2D eigenvalue weighted by molar-refractivity contribution is 7.92. The fraction of sp³-hybridized carbons (Fsp3) is 0.375. The van der Waals surface area contributed by atoms with Crippen molar-refractivity contribution in [1.29, 1.82) is 0 Å². The average Bonchev–Trinajstić information content (AvgIpc) is 2.60. The number of halogens is 2. The van der Waals surface area contributed by atoms with Crippen LogP contribution >= 0.6 is 23.2 Å². The van der Waals surface area contributed by atoms with Crippen LogP contribution in [0.2, 0.25) is 10.0 Å². The van der Waals surface area contributed by atoms with E-state index in [9.17, 15) is 18.0 Å². The fourth-order valence-electron chi connectivity index (χ4n) is 2.56. The summed E-state index contributed by atoms with van der Waals surface area (Å²) in [4.78, 5) is 24.9. The topological polar surface area (TPSA) is 113 Å². The molecule has 11 heteroatoms. The number of hydrogen-bond donors (Lipinski definition) is 2. The van der Waals surface area contributed by atoms with Gasteiger partial charge in [-0.2, -0.15) is 0 Å². The van der Waals surface area contributed by atoms with E-state index >= 15 is 0 Å². The quantitative estimate of drug-likeness (QED) is 0.676. The Morgan fingerprint density at radius 2 is 1.93 bits per heavy atom. The standard InChI is InChI=1S/C16H18Cl2N2O6S/c1-2-27(24,25)19-10-3-5-20(6-4-10)15(21)9-26-14-7-11(16(22)23)12(17)8-13(14)18/h2,7-8,10,19H,1,3-6,9H2,(H,22,23). The SMILES string of the molecule is C=CS(=O)(=O)NC1CCN(C(=O)COc2cc(C(=O)O)c(Cl)cc2Cl)CC1. The summed E-state index contributed by atoms with van der Waals surface area (Å²) in [5.41, 5.74) is -0.182. The Kier molecular flexibility index (Phi) is 7.10. The predicted molar refractivity (Wildman–Crippen MR) is 101 cm³/mol. The molecule has 1 aliphatic heterocycles. The van der Waals surface area contributed by atoms with Crippen LogP contribution < -0.4 is 9.46 Å². The molecule has 148 valence electrons.